The van der Waals surface area contributed by atoms with Gasteiger partial charge in [-0.15, -0.1) is 0 Å². The summed E-state index contributed by atoms with van der Waals surface area (Å²) in [7, 11) is 0. The third kappa shape index (κ3) is 5.07. The van der Waals surface area contributed by atoms with E-state index >= 15 is 0 Å². The summed E-state index contributed by atoms with van der Waals surface area (Å²) in [6.07, 6.45) is 1.62. The van der Waals surface area contributed by atoms with E-state index in [-0.39, 0.29) is 5.91 Å². The molecule has 4 rings (SSSR count). The number of aromatic nitrogens is 2. The first-order valence-corrected chi connectivity index (χ1v) is 11.3. The molecule has 0 saturated carbocycles. The van der Waals surface area contributed by atoms with Crippen LogP contribution in [-0.2, 0) is 11.2 Å². The molecule has 1 aromatic heterocycles. The second kappa shape index (κ2) is 10.2. The number of carbonyl (C=O) groups is 2. The monoisotopic (exact) mass is 453 g/mol. The number of para-hydroxylation sites is 1. The highest BCUT2D eigenvalue weighted by atomic mass is 16.5. The van der Waals surface area contributed by atoms with Crippen molar-refractivity contribution in [1.29, 1.82) is 0 Å². The lowest BCUT2D eigenvalue weighted by Crippen LogP contribution is -2.11. The predicted octanol–water partition coefficient (Wildman–Crippen LogP) is 5.98. The van der Waals surface area contributed by atoms with Crippen LogP contribution in [0.4, 0.5) is 5.69 Å². The van der Waals surface area contributed by atoms with Crippen LogP contribution in [0.15, 0.2) is 78.9 Å². The van der Waals surface area contributed by atoms with Crippen LogP contribution < -0.4 is 10.1 Å². The molecule has 0 spiro atoms. The molecule has 0 unspecified atom stereocenters. The topological polar surface area (TPSA) is 73.2 Å². The number of aryl methyl sites for hydroxylation is 2. The molecule has 0 atom stereocenters. The molecule has 34 heavy (non-hydrogen) atoms. The summed E-state index contributed by atoms with van der Waals surface area (Å²) in [6.45, 7) is 5.45. The van der Waals surface area contributed by atoms with E-state index in [1.54, 1.807) is 16.8 Å². The largest absolute Gasteiger partial charge is 0.407 e. The average molecular weight is 454 g/mol. The minimum atomic E-state index is -0.414. The summed E-state index contributed by atoms with van der Waals surface area (Å²) in [5.74, 6) is -0.195. The molecule has 1 amide bonds. The van der Waals surface area contributed by atoms with Gasteiger partial charge in [0.15, 0.2) is 0 Å². The van der Waals surface area contributed by atoms with Gasteiger partial charge in [0.2, 0.25) is 5.88 Å². The van der Waals surface area contributed by atoms with Gasteiger partial charge in [0, 0.05) is 18.2 Å². The highest BCUT2D eigenvalue weighted by molar-refractivity contribution is 6.04. The summed E-state index contributed by atoms with van der Waals surface area (Å²) >= 11 is 0. The number of nitrogens with zero attached hydrogens (tertiary/aromatic N) is 2. The highest BCUT2D eigenvalue weighted by Gasteiger charge is 2.23. The van der Waals surface area contributed by atoms with E-state index < -0.39 is 5.97 Å². The van der Waals surface area contributed by atoms with Crippen LogP contribution in [0.2, 0.25) is 0 Å². The van der Waals surface area contributed by atoms with Gasteiger partial charge in [0.25, 0.3) is 5.91 Å². The summed E-state index contributed by atoms with van der Waals surface area (Å²) in [6, 6.07) is 24.5. The quantitative estimate of drug-likeness (QED) is 0.350. The van der Waals surface area contributed by atoms with E-state index in [0.29, 0.717) is 17.1 Å². The number of benzene rings is 3. The molecule has 1 heterocycles. The standard InChI is InChI=1S/C28H27N3O3/c1-4-8-25-26(28(34-20(3)32)31(30-25)24-9-6-5-7-10-24)21-15-17-23(18-16-21)29-27(33)22-13-11-19(2)12-14-22/h5-7,9-18H,4,8H2,1-3H3,(H,29,33). The maximum absolute atomic E-state index is 12.6. The SMILES string of the molecule is CCCc1nn(-c2ccccc2)c(OC(C)=O)c1-c1ccc(NC(=O)c2ccc(C)cc2)cc1. The van der Waals surface area contributed by atoms with Crippen molar-refractivity contribution in [3.05, 3.63) is 95.7 Å². The fourth-order valence-corrected chi connectivity index (χ4v) is 3.75. The third-order valence-electron chi connectivity index (χ3n) is 5.39. The van der Waals surface area contributed by atoms with Crippen molar-refractivity contribution < 1.29 is 14.3 Å². The molecule has 172 valence electrons. The Hall–Kier alpha value is -4.19. The van der Waals surface area contributed by atoms with Crippen LogP contribution in [0, 0.1) is 6.92 Å². The molecule has 3 aromatic carbocycles. The molecular formula is C28H27N3O3. The van der Waals surface area contributed by atoms with Crippen LogP contribution >= 0.6 is 0 Å². The van der Waals surface area contributed by atoms with E-state index in [1.807, 2.05) is 73.7 Å². The molecule has 1 N–H and O–H groups in total. The molecular weight excluding hydrogens is 426 g/mol. The first-order chi connectivity index (χ1) is 16.5. The van der Waals surface area contributed by atoms with Crippen molar-refractivity contribution in [1.82, 2.24) is 9.78 Å². The van der Waals surface area contributed by atoms with E-state index in [1.165, 1.54) is 6.92 Å². The van der Waals surface area contributed by atoms with Gasteiger partial charge in [0.05, 0.1) is 16.9 Å². The number of carbonyl (C=O) groups excluding carboxylic acids is 2. The number of ether oxygens (including phenoxy) is 1. The van der Waals surface area contributed by atoms with Crippen LogP contribution in [0.5, 0.6) is 5.88 Å². The van der Waals surface area contributed by atoms with E-state index in [9.17, 15) is 9.59 Å². The number of hydrogen-bond acceptors (Lipinski definition) is 4. The number of nitrogens with one attached hydrogen (secondary N) is 1. The van der Waals surface area contributed by atoms with Crippen molar-refractivity contribution in [2.75, 3.05) is 5.32 Å². The maximum atomic E-state index is 12.6. The number of anilines is 1. The Morgan fingerprint density at radius 1 is 0.941 bits per heavy atom. The predicted molar refractivity (Wildman–Crippen MR) is 133 cm³/mol. The Balaban J connectivity index is 1.70. The molecule has 6 heteroatoms. The lowest BCUT2D eigenvalue weighted by molar-refractivity contribution is -0.132. The molecule has 0 saturated heterocycles. The lowest BCUT2D eigenvalue weighted by Gasteiger charge is -2.10. The first-order valence-electron chi connectivity index (χ1n) is 11.3. The summed E-state index contributed by atoms with van der Waals surface area (Å²) in [4.78, 5) is 24.5. The number of rotatable bonds is 7. The van der Waals surface area contributed by atoms with Crippen LogP contribution in [0.3, 0.4) is 0 Å². The Kier molecular flexibility index (Phi) is 6.87. The fraction of sp³-hybridized carbons (Fsp3) is 0.179. The molecule has 0 bridgehead atoms. The van der Waals surface area contributed by atoms with Crippen molar-refractivity contribution in [2.45, 2.75) is 33.6 Å². The van der Waals surface area contributed by atoms with Crippen molar-refractivity contribution >= 4 is 17.6 Å². The second-order valence-corrected chi connectivity index (χ2v) is 8.12. The Morgan fingerprint density at radius 2 is 1.62 bits per heavy atom. The van der Waals surface area contributed by atoms with Crippen molar-refractivity contribution in [2.24, 2.45) is 0 Å². The minimum absolute atomic E-state index is 0.170. The third-order valence-corrected chi connectivity index (χ3v) is 5.39. The summed E-state index contributed by atoms with van der Waals surface area (Å²) in [5, 5.41) is 7.72. The molecule has 4 aromatic rings. The molecule has 0 fully saturated rings. The van der Waals surface area contributed by atoms with Gasteiger partial charge >= 0.3 is 5.97 Å². The molecule has 0 aliphatic rings. The summed E-state index contributed by atoms with van der Waals surface area (Å²) < 4.78 is 7.34. The average Bonchev–Trinajstić information content (AvgIpc) is 3.18. The lowest BCUT2D eigenvalue weighted by atomic mass is 10.0. The van der Waals surface area contributed by atoms with Crippen molar-refractivity contribution in [3.8, 4) is 22.7 Å². The Morgan fingerprint density at radius 3 is 2.24 bits per heavy atom. The van der Waals surface area contributed by atoms with E-state index in [2.05, 4.69) is 12.2 Å². The maximum Gasteiger partial charge on any atom is 0.309 e. The molecule has 6 nitrogen and oxygen atoms in total. The number of esters is 1. The van der Waals surface area contributed by atoms with Gasteiger partial charge in [-0.1, -0.05) is 61.4 Å². The highest BCUT2D eigenvalue weighted by Crippen LogP contribution is 2.37. The number of hydrogen-bond donors (Lipinski definition) is 1. The summed E-state index contributed by atoms with van der Waals surface area (Å²) in [5.41, 5.74) is 5.66. The zero-order valence-electron chi connectivity index (χ0n) is 19.5. The minimum Gasteiger partial charge on any atom is -0.407 e. The first kappa shape index (κ1) is 23.0. The van der Waals surface area contributed by atoms with Gasteiger partial charge in [0.1, 0.15) is 0 Å². The zero-order valence-corrected chi connectivity index (χ0v) is 19.5. The Bertz CT molecular complexity index is 1290. The normalized spacial score (nSPS) is 10.7. The van der Waals surface area contributed by atoms with Crippen LogP contribution in [0.1, 0.15) is 41.9 Å². The molecule has 0 aliphatic carbocycles. The van der Waals surface area contributed by atoms with Crippen molar-refractivity contribution in [3.63, 3.8) is 0 Å². The number of amides is 1. The molecule has 0 radical (unpaired) electrons. The van der Waals surface area contributed by atoms with Gasteiger partial charge in [-0.25, -0.2) is 0 Å². The van der Waals surface area contributed by atoms with Crippen LogP contribution in [-0.4, -0.2) is 21.7 Å². The Labute approximate surface area is 199 Å². The molecule has 0 aliphatic heterocycles. The van der Waals surface area contributed by atoms with Gasteiger partial charge in [-0.3, -0.25) is 9.59 Å². The van der Waals surface area contributed by atoms with E-state index in [0.717, 1.165) is 40.9 Å². The van der Waals surface area contributed by atoms with Gasteiger partial charge in [-0.05, 0) is 55.3 Å². The van der Waals surface area contributed by atoms with E-state index in [4.69, 9.17) is 9.84 Å². The van der Waals surface area contributed by atoms with Gasteiger partial charge in [-0.2, -0.15) is 9.78 Å². The second-order valence-electron chi connectivity index (χ2n) is 8.12. The fourth-order valence-electron chi connectivity index (χ4n) is 3.75. The smallest absolute Gasteiger partial charge is 0.309 e. The zero-order chi connectivity index (χ0) is 24.1. The van der Waals surface area contributed by atoms with Gasteiger partial charge < -0.3 is 10.1 Å². The van der Waals surface area contributed by atoms with Crippen LogP contribution in [0.25, 0.3) is 16.8 Å².